The van der Waals surface area contributed by atoms with E-state index in [1.165, 1.54) is 22.3 Å². The Bertz CT molecular complexity index is 1240. The first kappa shape index (κ1) is 21.3. The van der Waals surface area contributed by atoms with Crippen LogP contribution in [0, 0.1) is 6.92 Å². The van der Waals surface area contributed by atoms with Gasteiger partial charge in [-0.3, -0.25) is 4.79 Å². The molecule has 1 aliphatic heterocycles. The smallest absolute Gasteiger partial charge is 0.161 e. The number of fused-ring (bicyclic) bond motifs is 1. The summed E-state index contributed by atoms with van der Waals surface area (Å²) in [6.07, 6.45) is 2.14. The highest BCUT2D eigenvalue weighted by Crippen LogP contribution is 2.45. The quantitative estimate of drug-likeness (QED) is 0.528. The number of methoxy groups -OCH3 is 2. The van der Waals surface area contributed by atoms with E-state index in [1.807, 2.05) is 12.1 Å². The van der Waals surface area contributed by atoms with Crippen LogP contribution in [0.15, 0.2) is 77.9 Å². The molecule has 3 aromatic carbocycles. The van der Waals surface area contributed by atoms with E-state index in [4.69, 9.17) is 9.47 Å². The number of carbonyl (C=O) groups is 1. The van der Waals surface area contributed by atoms with E-state index in [-0.39, 0.29) is 17.7 Å². The van der Waals surface area contributed by atoms with E-state index in [1.54, 1.807) is 14.2 Å². The van der Waals surface area contributed by atoms with Crippen molar-refractivity contribution in [3.05, 3.63) is 100 Å². The van der Waals surface area contributed by atoms with Crippen molar-refractivity contribution in [2.45, 2.75) is 38.1 Å². The van der Waals surface area contributed by atoms with Crippen molar-refractivity contribution in [1.82, 2.24) is 0 Å². The Kier molecular flexibility index (Phi) is 5.67. The molecule has 0 radical (unpaired) electrons. The van der Waals surface area contributed by atoms with Crippen molar-refractivity contribution in [1.29, 1.82) is 0 Å². The van der Waals surface area contributed by atoms with Crippen LogP contribution in [0.2, 0.25) is 0 Å². The van der Waals surface area contributed by atoms with Gasteiger partial charge in [0, 0.05) is 17.7 Å². The number of nitrogens with one attached hydrogen (secondary N) is 1. The molecule has 3 aromatic rings. The molecule has 4 nitrogen and oxygen atoms in total. The largest absolute Gasteiger partial charge is 0.493 e. The van der Waals surface area contributed by atoms with Crippen LogP contribution >= 0.6 is 0 Å². The predicted molar refractivity (Wildman–Crippen MR) is 131 cm³/mol. The molecule has 0 spiro atoms. The molecular weight excluding hydrogens is 410 g/mol. The van der Waals surface area contributed by atoms with Gasteiger partial charge in [0.15, 0.2) is 17.3 Å². The van der Waals surface area contributed by atoms with Gasteiger partial charge in [-0.2, -0.15) is 0 Å². The molecule has 33 heavy (non-hydrogen) atoms. The highest BCUT2D eigenvalue weighted by Gasteiger charge is 2.36. The maximum atomic E-state index is 13.7. The number of hydrogen-bond donors (Lipinski definition) is 1. The van der Waals surface area contributed by atoms with Crippen LogP contribution in [0.5, 0.6) is 11.5 Å². The molecule has 0 fully saturated rings. The number of para-hydroxylation sites is 1. The molecule has 0 bridgehead atoms. The van der Waals surface area contributed by atoms with E-state index in [0.29, 0.717) is 17.9 Å². The van der Waals surface area contributed by atoms with Crippen LogP contribution < -0.4 is 14.8 Å². The monoisotopic (exact) mass is 439 g/mol. The first-order valence-electron chi connectivity index (χ1n) is 11.5. The zero-order chi connectivity index (χ0) is 22.9. The number of hydrogen-bond acceptors (Lipinski definition) is 4. The molecule has 5 rings (SSSR count). The second-order valence-electron chi connectivity index (χ2n) is 8.93. The lowest BCUT2D eigenvalue weighted by Crippen LogP contribution is -2.26. The molecule has 0 aromatic heterocycles. The fourth-order valence-electron chi connectivity index (χ4n) is 5.30. The Labute approximate surface area is 195 Å². The molecule has 2 aliphatic rings. The maximum Gasteiger partial charge on any atom is 0.161 e. The molecule has 2 atom stereocenters. The third kappa shape index (κ3) is 3.91. The highest BCUT2D eigenvalue weighted by molar-refractivity contribution is 6.00. The molecule has 0 saturated carbocycles. The number of ether oxygens (including phenoxy) is 2. The van der Waals surface area contributed by atoms with Gasteiger partial charge in [0.2, 0.25) is 0 Å². The van der Waals surface area contributed by atoms with Crippen LogP contribution in [0.3, 0.4) is 0 Å². The van der Waals surface area contributed by atoms with Gasteiger partial charge in [-0.25, -0.2) is 0 Å². The van der Waals surface area contributed by atoms with Crippen molar-refractivity contribution >= 4 is 11.5 Å². The first-order chi connectivity index (χ1) is 16.1. The molecule has 1 N–H and O–H groups in total. The van der Waals surface area contributed by atoms with E-state index in [0.717, 1.165) is 29.7 Å². The van der Waals surface area contributed by atoms with Crippen LogP contribution in [-0.4, -0.2) is 20.0 Å². The van der Waals surface area contributed by atoms with Gasteiger partial charge in [-0.1, -0.05) is 54.1 Å². The first-order valence-corrected chi connectivity index (χ1v) is 11.5. The minimum atomic E-state index is -0.135. The Morgan fingerprint density at radius 1 is 0.879 bits per heavy atom. The van der Waals surface area contributed by atoms with Crippen molar-refractivity contribution in [3.63, 3.8) is 0 Å². The number of benzene rings is 3. The topological polar surface area (TPSA) is 47.6 Å². The van der Waals surface area contributed by atoms with E-state index in [2.05, 4.69) is 66.8 Å². The Morgan fingerprint density at radius 2 is 1.64 bits per heavy atom. The lowest BCUT2D eigenvalue weighted by atomic mass is 9.75. The van der Waals surface area contributed by atoms with Crippen LogP contribution in [-0.2, 0) is 11.2 Å². The molecule has 0 amide bonds. The Hall–Kier alpha value is -3.53. The van der Waals surface area contributed by atoms with Crippen LogP contribution in [0.4, 0.5) is 5.69 Å². The van der Waals surface area contributed by atoms with Crippen molar-refractivity contribution < 1.29 is 14.3 Å². The fourth-order valence-corrected chi connectivity index (χ4v) is 5.30. The summed E-state index contributed by atoms with van der Waals surface area (Å²) in [7, 11) is 3.29. The molecule has 2 unspecified atom stereocenters. The standard InChI is InChI=1S/C29H29NO3/c1-18-8-4-6-10-23(18)29-28-22(14-20-9-5-7-11-24(20)30-29)15-21(16-25(28)31)19-12-13-26(32-2)27(17-19)33-3/h4-13,17,21,29-30H,14-16H2,1-3H3. The summed E-state index contributed by atoms with van der Waals surface area (Å²) in [4.78, 5) is 13.7. The molecule has 4 heteroatoms. The molecular formula is C29H29NO3. The van der Waals surface area contributed by atoms with Gasteiger partial charge in [-0.15, -0.1) is 0 Å². The third-order valence-corrected chi connectivity index (χ3v) is 6.99. The molecule has 1 heterocycles. The Morgan fingerprint density at radius 3 is 2.42 bits per heavy atom. The lowest BCUT2D eigenvalue weighted by molar-refractivity contribution is -0.116. The number of carbonyl (C=O) groups excluding carboxylic acids is 1. The minimum absolute atomic E-state index is 0.124. The number of allylic oxidation sites excluding steroid dienone is 1. The van der Waals surface area contributed by atoms with Gasteiger partial charge >= 0.3 is 0 Å². The van der Waals surface area contributed by atoms with E-state index >= 15 is 0 Å². The second-order valence-corrected chi connectivity index (χ2v) is 8.93. The maximum absolute atomic E-state index is 13.7. The van der Waals surface area contributed by atoms with Gasteiger partial charge in [0.05, 0.1) is 20.3 Å². The molecule has 168 valence electrons. The number of rotatable bonds is 4. The fraction of sp³-hybridized carbons (Fsp3) is 0.276. The number of anilines is 1. The second kappa shape index (κ2) is 8.78. The lowest BCUT2D eigenvalue weighted by Gasteiger charge is -2.31. The number of ketones is 1. The SMILES string of the molecule is COc1ccc(C2CC(=O)C3=C(Cc4ccccc4NC3c3ccccc3C)C2)cc1OC. The molecule has 1 aliphatic carbocycles. The summed E-state index contributed by atoms with van der Waals surface area (Å²) in [5, 5.41) is 3.72. The number of aryl methyl sites for hydroxylation is 1. The Balaban J connectivity index is 1.59. The van der Waals surface area contributed by atoms with E-state index in [9.17, 15) is 4.79 Å². The molecule has 0 saturated heterocycles. The van der Waals surface area contributed by atoms with Gasteiger partial charge in [-0.05, 0) is 66.1 Å². The average molecular weight is 440 g/mol. The van der Waals surface area contributed by atoms with Gasteiger partial charge in [0.1, 0.15) is 0 Å². The summed E-state index contributed by atoms with van der Waals surface area (Å²) in [5.74, 6) is 1.76. The van der Waals surface area contributed by atoms with Crippen molar-refractivity contribution in [2.24, 2.45) is 0 Å². The summed E-state index contributed by atoms with van der Waals surface area (Å²) in [6.45, 7) is 2.12. The van der Waals surface area contributed by atoms with Crippen molar-refractivity contribution in [3.8, 4) is 11.5 Å². The van der Waals surface area contributed by atoms with E-state index < -0.39 is 0 Å². The average Bonchev–Trinajstić information content (AvgIpc) is 3.00. The summed E-state index contributed by atoms with van der Waals surface area (Å²) in [6, 6.07) is 22.7. The minimum Gasteiger partial charge on any atom is -0.493 e. The zero-order valence-electron chi connectivity index (χ0n) is 19.4. The summed E-state index contributed by atoms with van der Waals surface area (Å²) in [5.41, 5.74) is 7.99. The number of Topliss-reactive ketones (excluding diaryl/α,β-unsaturated/α-hetero) is 1. The van der Waals surface area contributed by atoms with Gasteiger partial charge < -0.3 is 14.8 Å². The predicted octanol–water partition coefficient (Wildman–Crippen LogP) is 6.16. The summed E-state index contributed by atoms with van der Waals surface area (Å²) >= 11 is 0. The van der Waals surface area contributed by atoms with Gasteiger partial charge in [0.25, 0.3) is 0 Å². The van der Waals surface area contributed by atoms with Crippen LogP contribution in [0.1, 0.15) is 47.1 Å². The normalized spacial score (nSPS) is 19.8. The van der Waals surface area contributed by atoms with Crippen molar-refractivity contribution in [2.75, 3.05) is 19.5 Å². The highest BCUT2D eigenvalue weighted by atomic mass is 16.5. The third-order valence-electron chi connectivity index (χ3n) is 6.99. The summed E-state index contributed by atoms with van der Waals surface area (Å²) < 4.78 is 10.9. The zero-order valence-corrected chi connectivity index (χ0v) is 19.4. The van der Waals surface area contributed by atoms with Crippen LogP contribution in [0.25, 0.3) is 0 Å².